The Bertz CT molecular complexity index is 868. The Kier molecular flexibility index (Phi) is 4.06. The average Bonchev–Trinajstić information content (AvgIpc) is 2.78. The van der Waals surface area contributed by atoms with Crippen molar-refractivity contribution < 1.29 is 14.0 Å². The summed E-state index contributed by atoms with van der Waals surface area (Å²) in [5.74, 6) is 0.556. The van der Waals surface area contributed by atoms with Crippen molar-refractivity contribution in [2.75, 3.05) is 5.32 Å². The fourth-order valence-electron chi connectivity index (χ4n) is 3.68. The zero-order valence-electron chi connectivity index (χ0n) is 15.7. The first-order chi connectivity index (χ1) is 11.6. The molecule has 5 heteroatoms. The number of hydrogen-bond acceptors (Lipinski definition) is 4. The minimum Gasteiger partial charge on any atom is -0.455 e. The van der Waals surface area contributed by atoms with E-state index >= 15 is 0 Å². The summed E-state index contributed by atoms with van der Waals surface area (Å²) in [6.45, 7) is 11.6. The maximum Gasteiger partial charge on any atom is 0.291 e. The monoisotopic (exact) mass is 340 g/mol. The molecule has 0 aromatic carbocycles. The predicted octanol–water partition coefficient (Wildman–Crippen LogP) is 4.32. The number of aryl methyl sites for hydroxylation is 3. The molecule has 0 atom stereocenters. The summed E-state index contributed by atoms with van der Waals surface area (Å²) in [5, 5.41) is 2.90. The van der Waals surface area contributed by atoms with Gasteiger partial charge in [0.1, 0.15) is 5.76 Å². The van der Waals surface area contributed by atoms with Crippen molar-refractivity contribution in [1.29, 1.82) is 0 Å². The van der Waals surface area contributed by atoms with E-state index in [1.54, 1.807) is 6.92 Å². The minimum atomic E-state index is -0.339. The molecule has 1 amide bonds. The summed E-state index contributed by atoms with van der Waals surface area (Å²) < 4.78 is 5.83. The van der Waals surface area contributed by atoms with Crippen molar-refractivity contribution >= 4 is 17.4 Å². The smallest absolute Gasteiger partial charge is 0.291 e. The van der Waals surface area contributed by atoms with Gasteiger partial charge in [-0.3, -0.25) is 14.6 Å². The lowest BCUT2D eigenvalue weighted by Gasteiger charge is -2.27. The van der Waals surface area contributed by atoms with Gasteiger partial charge in [-0.05, 0) is 44.7 Å². The highest BCUT2D eigenvalue weighted by molar-refractivity contribution is 6.08. The molecule has 0 aliphatic heterocycles. The molecule has 0 spiro atoms. The molecule has 132 valence electrons. The molecule has 0 unspecified atom stereocenters. The number of anilines is 1. The Balaban J connectivity index is 1.96. The Labute approximate surface area is 147 Å². The molecule has 0 radical (unpaired) electrons. The standard InChI is InChI=1S/C20H24N2O3/c1-10-7-11(2)21-13(4)17(10)22-19(24)18-12(3)16-14(23)8-20(5,6)9-15(16)25-18/h7H,8-9H2,1-6H3,(H,22,24). The number of hydrogen-bond donors (Lipinski definition) is 1. The first-order valence-electron chi connectivity index (χ1n) is 8.51. The Hall–Kier alpha value is -2.43. The van der Waals surface area contributed by atoms with Gasteiger partial charge in [0.15, 0.2) is 11.5 Å². The SMILES string of the molecule is Cc1cc(C)c(NC(=O)c2oc3c(c2C)C(=O)CC(C)(C)C3)c(C)n1. The molecule has 25 heavy (non-hydrogen) atoms. The number of rotatable bonds is 2. The summed E-state index contributed by atoms with van der Waals surface area (Å²) in [6.07, 6.45) is 1.13. The summed E-state index contributed by atoms with van der Waals surface area (Å²) in [6, 6.07) is 1.93. The van der Waals surface area contributed by atoms with Gasteiger partial charge in [0.2, 0.25) is 0 Å². The summed E-state index contributed by atoms with van der Waals surface area (Å²) >= 11 is 0. The van der Waals surface area contributed by atoms with Crippen LogP contribution in [0, 0.1) is 33.1 Å². The van der Waals surface area contributed by atoms with E-state index in [4.69, 9.17) is 4.42 Å². The van der Waals surface area contributed by atoms with Crippen LogP contribution in [0.4, 0.5) is 5.69 Å². The summed E-state index contributed by atoms with van der Waals surface area (Å²) in [7, 11) is 0. The third-order valence-corrected chi connectivity index (χ3v) is 4.75. The molecule has 3 rings (SSSR count). The number of carbonyl (C=O) groups excluding carboxylic acids is 2. The second-order valence-electron chi connectivity index (χ2n) is 7.79. The second kappa shape index (κ2) is 5.83. The van der Waals surface area contributed by atoms with E-state index in [1.807, 2.05) is 40.7 Å². The maximum absolute atomic E-state index is 12.8. The molecule has 5 nitrogen and oxygen atoms in total. The zero-order valence-corrected chi connectivity index (χ0v) is 15.7. The third kappa shape index (κ3) is 3.11. The summed E-state index contributed by atoms with van der Waals surface area (Å²) in [5.41, 5.74) is 4.38. The highest BCUT2D eigenvalue weighted by Gasteiger charge is 2.37. The van der Waals surface area contributed by atoms with Gasteiger partial charge in [0.25, 0.3) is 5.91 Å². The molecule has 1 aliphatic rings. The quantitative estimate of drug-likeness (QED) is 0.884. The van der Waals surface area contributed by atoms with Gasteiger partial charge in [0, 0.05) is 24.1 Å². The minimum absolute atomic E-state index is 0.0518. The number of fused-ring (bicyclic) bond motifs is 1. The largest absolute Gasteiger partial charge is 0.455 e. The van der Waals surface area contributed by atoms with Crippen LogP contribution in [0.1, 0.15) is 69.5 Å². The number of nitrogens with zero attached hydrogens (tertiary/aromatic N) is 1. The number of nitrogens with one attached hydrogen (secondary N) is 1. The molecule has 0 saturated carbocycles. The van der Waals surface area contributed by atoms with Crippen LogP contribution in [0.3, 0.4) is 0 Å². The third-order valence-electron chi connectivity index (χ3n) is 4.75. The predicted molar refractivity (Wildman–Crippen MR) is 96.3 cm³/mol. The fourth-order valence-corrected chi connectivity index (χ4v) is 3.68. The van der Waals surface area contributed by atoms with Crippen molar-refractivity contribution in [3.05, 3.63) is 45.7 Å². The van der Waals surface area contributed by atoms with Crippen molar-refractivity contribution in [3.8, 4) is 0 Å². The Morgan fingerprint density at radius 3 is 2.52 bits per heavy atom. The second-order valence-corrected chi connectivity index (χ2v) is 7.79. The molecule has 0 bridgehead atoms. The molecule has 0 saturated heterocycles. The van der Waals surface area contributed by atoms with E-state index < -0.39 is 0 Å². The number of Topliss-reactive ketones (excluding diaryl/α,β-unsaturated/α-hetero) is 1. The molecule has 1 aliphatic carbocycles. The lowest BCUT2D eigenvalue weighted by atomic mass is 9.76. The lowest BCUT2D eigenvalue weighted by molar-refractivity contribution is 0.0898. The number of ketones is 1. The van der Waals surface area contributed by atoms with Crippen molar-refractivity contribution in [3.63, 3.8) is 0 Å². The van der Waals surface area contributed by atoms with Crippen LogP contribution in [0.5, 0.6) is 0 Å². The van der Waals surface area contributed by atoms with Gasteiger partial charge in [-0.1, -0.05) is 13.8 Å². The van der Waals surface area contributed by atoms with Crippen LogP contribution in [-0.4, -0.2) is 16.7 Å². The Morgan fingerprint density at radius 1 is 1.20 bits per heavy atom. The van der Waals surface area contributed by atoms with Gasteiger partial charge < -0.3 is 9.73 Å². The topological polar surface area (TPSA) is 72.2 Å². The highest BCUT2D eigenvalue weighted by Crippen LogP contribution is 2.38. The molecular formula is C20H24N2O3. The molecule has 0 fully saturated rings. The van der Waals surface area contributed by atoms with E-state index in [0.717, 1.165) is 17.0 Å². The van der Waals surface area contributed by atoms with E-state index in [2.05, 4.69) is 10.3 Å². The van der Waals surface area contributed by atoms with Crippen LogP contribution >= 0.6 is 0 Å². The molecular weight excluding hydrogens is 316 g/mol. The van der Waals surface area contributed by atoms with E-state index in [0.29, 0.717) is 35.4 Å². The van der Waals surface area contributed by atoms with Crippen LogP contribution in [0.15, 0.2) is 10.5 Å². The van der Waals surface area contributed by atoms with Crippen molar-refractivity contribution in [1.82, 2.24) is 4.98 Å². The number of aromatic nitrogens is 1. The lowest BCUT2D eigenvalue weighted by Crippen LogP contribution is -2.26. The molecule has 1 N–H and O–H groups in total. The van der Waals surface area contributed by atoms with Crippen LogP contribution in [0.25, 0.3) is 0 Å². The number of pyridine rings is 1. The first-order valence-corrected chi connectivity index (χ1v) is 8.51. The zero-order chi connectivity index (χ0) is 18.5. The van der Waals surface area contributed by atoms with E-state index in [-0.39, 0.29) is 22.9 Å². The van der Waals surface area contributed by atoms with Gasteiger partial charge in [-0.15, -0.1) is 0 Å². The molecule has 2 aromatic heterocycles. The summed E-state index contributed by atoms with van der Waals surface area (Å²) in [4.78, 5) is 29.6. The van der Waals surface area contributed by atoms with Gasteiger partial charge in [0.05, 0.1) is 16.9 Å². The van der Waals surface area contributed by atoms with E-state index in [1.165, 1.54) is 0 Å². The van der Waals surface area contributed by atoms with Crippen LogP contribution in [-0.2, 0) is 6.42 Å². The van der Waals surface area contributed by atoms with Gasteiger partial charge in [-0.2, -0.15) is 0 Å². The average molecular weight is 340 g/mol. The van der Waals surface area contributed by atoms with Crippen LogP contribution in [0.2, 0.25) is 0 Å². The fraction of sp³-hybridized carbons (Fsp3) is 0.450. The maximum atomic E-state index is 12.8. The van der Waals surface area contributed by atoms with Gasteiger partial charge >= 0.3 is 0 Å². The van der Waals surface area contributed by atoms with E-state index in [9.17, 15) is 9.59 Å². The molecule has 2 heterocycles. The molecule has 2 aromatic rings. The first kappa shape index (κ1) is 17.4. The normalized spacial score (nSPS) is 15.8. The van der Waals surface area contributed by atoms with Crippen LogP contribution < -0.4 is 5.32 Å². The number of carbonyl (C=O) groups is 2. The van der Waals surface area contributed by atoms with Crippen molar-refractivity contribution in [2.45, 2.75) is 54.4 Å². The van der Waals surface area contributed by atoms with Crippen molar-refractivity contribution in [2.24, 2.45) is 5.41 Å². The Morgan fingerprint density at radius 2 is 1.88 bits per heavy atom. The highest BCUT2D eigenvalue weighted by atomic mass is 16.4. The number of amides is 1. The number of furan rings is 1. The van der Waals surface area contributed by atoms with Gasteiger partial charge in [-0.25, -0.2) is 0 Å².